The molecule has 1 aromatic carbocycles. The lowest BCUT2D eigenvalue weighted by Gasteiger charge is -2.32. The number of benzene rings is 1. The van der Waals surface area contributed by atoms with Gasteiger partial charge in [0.25, 0.3) is 0 Å². The minimum absolute atomic E-state index is 0.745. The summed E-state index contributed by atoms with van der Waals surface area (Å²) in [6, 6.07) is 8.76. The van der Waals surface area contributed by atoms with Gasteiger partial charge in [-0.2, -0.15) is 0 Å². The summed E-state index contributed by atoms with van der Waals surface area (Å²) in [5, 5.41) is 0. The fraction of sp³-hybridized carbons (Fsp3) is 0.625. The molecule has 1 heterocycles. The van der Waals surface area contributed by atoms with E-state index in [0.717, 1.165) is 25.4 Å². The molecule has 1 aromatic rings. The van der Waals surface area contributed by atoms with Gasteiger partial charge in [0, 0.05) is 13.1 Å². The summed E-state index contributed by atoms with van der Waals surface area (Å²) in [4.78, 5) is 2.62. The number of rotatable bonds is 5. The zero-order valence-corrected chi connectivity index (χ0v) is 11.6. The van der Waals surface area contributed by atoms with Crippen LogP contribution in [0.15, 0.2) is 24.3 Å². The van der Waals surface area contributed by atoms with Crippen LogP contribution < -0.4 is 5.73 Å². The molecule has 0 aromatic heterocycles. The number of nitrogens with two attached hydrogens (primary N) is 1. The molecule has 0 aliphatic carbocycles. The van der Waals surface area contributed by atoms with Gasteiger partial charge < -0.3 is 5.73 Å². The van der Waals surface area contributed by atoms with Crippen LogP contribution in [-0.2, 0) is 13.0 Å². The van der Waals surface area contributed by atoms with E-state index >= 15 is 0 Å². The zero-order chi connectivity index (χ0) is 12.8. The highest BCUT2D eigenvalue weighted by Gasteiger charge is 2.18. The molecule has 2 heteroatoms. The Balaban J connectivity index is 1.99. The summed E-state index contributed by atoms with van der Waals surface area (Å²) in [5.41, 5.74) is 8.59. The van der Waals surface area contributed by atoms with Crippen molar-refractivity contribution in [1.29, 1.82) is 0 Å². The second-order valence-electron chi connectivity index (χ2n) is 5.46. The molecule has 1 saturated heterocycles. The number of likely N-dealkylation sites (tertiary alicyclic amines) is 1. The Morgan fingerprint density at radius 3 is 2.78 bits per heavy atom. The molecule has 0 spiro atoms. The standard InChI is InChI=1S/C16H26N2/c1-2-14-6-5-11-18(12-14)13-16-8-4-3-7-15(16)9-10-17/h3-4,7-8,14H,2,5-6,9-13,17H2,1H3. The van der Waals surface area contributed by atoms with E-state index in [2.05, 4.69) is 36.1 Å². The van der Waals surface area contributed by atoms with E-state index in [1.54, 1.807) is 0 Å². The topological polar surface area (TPSA) is 29.3 Å². The van der Waals surface area contributed by atoms with Crippen molar-refractivity contribution >= 4 is 0 Å². The maximum Gasteiger partial charge on any atom is 0.0236 e. The fourth-order valence-electron chi connectivity index (χ4n) is 2.98. The molecule has 2 rings (SSSR count). The van der Waals surface area contributed by atoms with Crippen LogP contribution in [0.1, 0.15) is 37.3 Å². The number of nitrogens with zero attached hydrogens (tertiary/aromatic N) is 1. The molecule has 2 N–H and O–H groups in total. The van der Waals surface area contributed by atoms with Crippen LogP contribution >= 0.6 is 0 Å². The fourth-order valence-corrected chi connectivity index (χ4v) is 2.98. The predicted molar refractivity (Wildman–Crippen MR) is 77.5 cm³/mol. The summed E-state index contributed by atoms with van der Waals surface area (Å²) < 4.78 is 0. The normalized spacial score (nSPS) is 21.1. The van der Waals surface area contributed by atoms with Crippen LogP contribution in [0.3, 0.4) is 0 Å². The lowest BCUT2D eigenvalue weighted by molar-refractivity contribution is 0.164. The second-order valence-corrected chi connectivity index (χ2v) is 5.46. The minimum atomic E-state index is 0.745. The van der Waals surface area contributed by atoms with Crippen molar-refractivity contribution in [1.82, 2.24) is 4.90 Å². The zero-order valence-electron chi connectivity index (χ0n) is 11.6. The molecule has 1 fully saturated rings. The van der Waals surface area contributed by atoms with E-state index in [1.807, 2.05) is 0 Å². The molecule has 1 atom stereocenters. The molecular weight excluding hydrogens is 220 g/mol. The highest BCUT2D eigenvalue weighted by atomic mass is 15.1. The van der Waals surface area contributed by atoms with Gasteiger partial charge in [0.1, 0.15) is 0 Å². The smallest absolute Gasteiger partial charge is 0.0236 e. The van der Waals surface area contributed by atoms with E-state index in [9.17, 15) is 0 Å². The van der Waals surface area contributed by atoms with Gasteiger partial charge in [0.15, 0.2) is 0 Å². The van der Waals surface area contributed by atoms with Crippen molar-refractivity contribution in [3.05, 3.63) is 35.4 Å². The van der Waals surface area contributed by atoms with E-state index in [4.69, 9.17) is 5.73 Å². The van der Waals surface area contributed by atoms with Crippen molar-refractivity contribution in [2.75, 3.05) is 19.6 Å². The predicted octanol–water partition coefficient (Wildman–Crippen LogP) is 2.81. The average molecular weight is 246 g/mol. The van der Waals surface area contributed by atoms with E-state index in [1.165, 1.54) is 43.5 Å². The van der Waals surface area contributed by atoms with Gasteiger partial charge in [0.2, 0.25) is 0 Å². The molecule has 1 aliphatic heterocycles. The van der Waals surface area contributed by atoms with Gasteiger partial charge in [-0.15, -0.1) is 0 Å². The quantitative estimate of drug-likeness (QED) is 0.865. The first-order valence-electron chi connectivity index (χ1n) is 7.32. The first-order chi connectivity index (χ1) is 8.83. The number of hydrogen-bond acceptors (Lipinski definition) is 2. The van der Waals surface area contributed by atoms with Gasteiger partial charge in [0.05, 0.1) is 0 Å². The first-order valence-corrected chi connectivity index (χ1v) is 7.32. The first kappa shape index (κ1) is 13.6. The summed E-state index contributed by atoms with van der Waals surface area (Å²) in [7, 11) is 0. The lowest BCUT2D eigenvalue weighted by atomic mass is 9.94. The van der Waals surface area contributed by atoms with Crippen molar-refractivity contribution in [2.24, 2.45) is 11.7 Å². The van der Waals surface area contributed by atoms with Crippen LogP contribution in [-0.4, -0.2) is 24.5 Å². The second kappa shape index (κ2) is 6.91. The Bertz CT molecular complexity index is 362. The lowest BCUT2D eigenvalue weighted by Crippen LogP contribution is -2.34. The molecule has 0 bridgehead atoms. The van der Waals surface area contributed by atoms with Gasteiger partial charge in [-0.05, 0) is 49.4 Å². The van der Waals surface area contributed by atoms with Crippen LogP contribution in [0.25, 0.3) is 0 Å². The maximum atomic E-state index is 5.69. The van der Waals surface area contributed by atoms with E-state index in [-0.39, 0.29) is 0 Å². The largest absolute Gasteiger partial charge is 0.330 e. The molecule has 100 valence electrons. The monoisotopic (exact) mass is 246 g/mol. The average Bonchev–Trinajstić information content (AvgIpc) is 2.41. The third-order valence-corrected chi connectivity index (χ3v) is 4.11. The Morgan fingerprint density at radius 1 is 1.28 bits per heavy atom. The van der Waals surface area contributed by atoms with Crippen molar-refractivity contribution in [3.63, 3.8) is 0 Å². The van der Waals surface area contributed by atoms with Crippen LogP contribution in [0, 0.1) is 5.92 Å². The molecule has 18 heavy (non-hydrogen) atoms. The third kappa shape index (κ3) is 3.56. The molecule has 0 radical (unpaired) electrons. The molecule has 0 amide bonds. The maximum absolute atomic E-state index is 5.69. The number of hydrogen-bond donors (Lipinski definition) is 1. The third-order valence-electron chi connectivity index (χ3n) is 4.11. The SMILES string of the molecule is CCC1CCCN(Cc2ccccc2CCN)C1. The highest BCUT2D eigenvalue weighted by molar-refractivity contribution is 5.27. The number of piperidine rings is 1. The Labute approximate surface area is 111 Å². The molecule has 2 nitrogen and oxygen atoms in total. The van der Waals surface area contributed by atoms with Gasteiger partial charge in [-0.3, -0.25) is 4.90 Å². The molecule has 0 saturated carbocycles. The molecule has 1 unspecified atom stereocenters. The Kier molecular flexibility index (Phi) is 5.21. The van der Waals surface area contributed by atoms with E-state index < -0.39 is 0 Å². The molecular formula is C16H26N2. The minimum Gasteiger partial charge on any atom is -0.330 e. The van der Waals surface area contributed by atoms with Crippen LogP contribution in [0.5, 0.6) is 0 Å². The summed E-state index contributed by atoms with van der Waals surface area (Å²) in [6.45, 7) is 6.69. The van der Waals surface area contributed by atoms with Crippen LogP contribution in [0.4, 0.5) is 0 Å². The highest BCUT2D eigenvalue weighted by Crippen LogP contribution is 2.21. The Hall–Kier alpha value is -0.860. The Morgan fingerprint density at radius 2 is 2.06 bits per heavy atom. The summed E-state index contributed by atoms with van der Waals surface area (Å²) in [6.07, 6.45) is 5.09. The van der Waals surface area contributed by atoms with Gasteiger partial charge in [-0.25, -0.2) is 0 Å². The van der Waals surface area contributed by atoms with Crippen molar-refractivity contribution in [2.45, 2.75) is 39.2 Å². The van der Waals surface area contributed by atoms with Gasteiger partial charge >= 0.3 is 0 Å². The van der Waals surface area contributed by atoms with Crippen molar-refractivity contribution < 1.29 is 0 Å². The molecule has 1 aliphatic rings. The van der Waals surface area contributed by atoms with Gasteiger partial charge in [-0.1, -0.05) is 37.6 Å². The van der Waals surface area contributed by atoms with Crippen molar-refractivity contribution in [3.8, 4) is 0 Å². The van der Waals surface area contributed by atoms with E-state index in [0.29, 0.717) is 0 Å². The summed E-state index contributed by atoms with van der Waals surface area (Å²) in [5.74, 6) is 0.903. The summed E-state index contributed by atoms with van der Waals surface area (Å²) >= 11 is 0. The van der Waals surface area contributed by atoms with Crippen LogP contribution in [0.2, 0.25) is 0 Å².